The number of nitrogens with two attached hydrogens (primary N) is 1. The van der Waals surface area contributed by atoms with Gasteiger partial charge < -0.3 is 26.2 Å². The minimum Gasteiger partial charge on any atom is -0.478 e. The number of carbonyl (C=O) groups is 3. The van der Waals surface area contributed by atoms with Gasteiger partial charge in [0.25, 0.3) is 0 Å². The van der Waals surface area contributed by atoms with Gasteiger partial charge in [-0.2, -0.15) is 0 Å². The molecule has 1 aromatic carbocycles. The molecule has 1 rings (SSSR count). The van der Waals surface area contributed by atoms with Gasteiger partial charge in [0.05, 0.1) is 17.8 Å². The lowest BCUT2D eigenvalue weighted by atomic mass is 10.2. The second-order valence-electron chi connectivity index (χ2n) is 3.40. The molecule has 5 N–H and O–H groups in total. The van der Waals surface area contributed by atoms with Crippen molar-refractivity contribution in [1.82, 2.24) is 5.32 Å². The molecule has 0 spiro atoms. The van der Waals surface area contributed by atoms with Crippen molar-refractivity contribution in [1.29, 1.82) is 0 Å². The standard InChI is InChI=1S/C11H13N3O5/c12-10(17)19-6-5-13-11(18)14-8-4-2-1-3-7(8)9(15)16/h1-4H,5-6H2,(H2,12,17)(H,15,16)(H2,13,14,18). The number of urea groups is 1. The predicted octanol–water partition coefficient (Wildman–Crippen LogP) is 0.602. The van der Waals surface area contributed by atoms with E-state index in [1.165, 1.54) is 12.1 Å². The monoisotopic (exact) mass is 267 g/mol. The third-order valence-corrected chi connectivity index (χ3v) is 2.04. The maximum atomic E-state index is 11.4. The quantitative estimate of drug-likeness (QED) is 0.580. The van der Waals surface area contributed by atoms with E-state index in [0.717, 1.165) is 0 Å². The van der Waals surface area contributed by atoms with Gasteiger partial charge >= 0.3 is 18.1 Å². The average Bonchev–Trinajstić information content (AvgIpc) is 2.35. The minimum atomic E-state index is -1.15. The van der Waals surface area contributed by atoms with Crippen molar-refractivity contribution in [2.24, 2.45) is 5.73 Å². The summed E-state index contributed by atoms with van der Waals surface area (Å²) in [5, 5.41) is 13.7. The highest BCUT2D eigenvalue weighted by molar-refractivity contribution is 5.99. The topological polar surface area (TPSA) is 131 Å². The van der Waals surface area contributed by atoms with Crippen LogP contribution in [-0.4, -0.2) is 36.4 Å². The summed E-state index contributed by atoms with van der Waals surface area (Å²) in [6.07, 6.45) is -0.932. The number of carbonyl (C=O) groups excluding carboxylic acids is 2. The lowest BCUT2D eigenvalue weighted by Gasteiger charge is -2.09. The zero-order valence-corrected chi connectivity index (χ0v) is 9.88. The van der Waals surface area contributed by atoms with E-state index in [1.807, 2.05) is 0 Å². The lowest BCUT2D eigenvalue weighted by Crippen LogP contribution is -2.33. The van der Waals surface area contributed by atoms with Gasteiger partial charge in [-0.05, 0) is 12.1 Å². The summed E-state index contributed by atoms with van der Waals surface area (Å²) in [4.78, 5) is 32.6. The van der Waals surface area contributed by atoms with Crippen LogP contribution >= 0.6 is 0 Å². The SMILES string of the molecule is NC(=O)OCCNC(=O)Nc1ccccc1C(=O)O. The van der Waals surface area contributed by atoms with Crippen LogP contribution < -0.4 is 16.4 Å². The van der Waals surface area contributed by atoms with Gasteiger partial charge in [-0.3, -0.25) is 0 Å². The molecule has 3 amide bonds. The van der Waals surface area contributed by atoms with E-state index >= 15 is 0 Å². The maximum Gasteiger partial charge on any atom is 0.404 e. The van der Waals surface area contributed by atoms with Crippen LogP contribution in [0.4, 0.5) is 15.3 Å². The lowest BCUT2D eigenvalue weighted by molar-refractivity contribution is 0.0698. The number of anilines is 1. The zero-order valence-electron chi connectivity index (χ0n) is 9.88. The van der Waals surface area contributed by atoms with E-state index in [2.05, 4.69) is 15.4 Å². The Morgan fingerprint density at radius 3 is 2.58 bits per heavy atom. The molecule has 0 radical (unpaired) electrons. The third kappa shape index (κ3) is 4.94. The van der Waals surface area contributed by atoms with Gasteiger partial charge in [-0.25, -0.2) is 14.4 Å². The highest BCUT2D eigenvalue weighted by Gasteiger charge is 2.11. The van der Waals surface area contributed by atoms with Gasteiger partial charge in [0.2, 0.25) is 0 Å². The normalized spacial score (nSPS) is 9.47. The molecule has 0 aliphatic heterocycles. The molecule has 0 saturated carbocycles. The summed E-state index contributed by atoms with van der Waals surface area (Å²) in [5.41, 5.74) is 4.88. The van der Waals surface area contributed by atoms with Crippen molar-refractivity contribution in [3.8, 4) is 0 Å². The van der Waals surface area contributed by atoms with Crippen LogP contribution in [0, 0.1) is 0 Å². The van der Waals surface area contributed by atoms with Crippen LogP contribution in [0.5, 0.6) is 0 Å². The highest BCUT2D eigenvalue weighted by atomic mass is 16.5. The highest BCUT2D eigenvalue weighted by Crippen LogP contribution is 2.14. The number of hydrogen-bond acceptors (Lipinski definition) is 4. The van der Waals surface area contributed by atoms with Crippen molar-refractivity contribution in [3.63, 3.8) is 0 Å². The van der Waals surface area contributed by atoms with E-state index in [1.54, 1.807) is 12.1 Å². The first-order valence-electron chi connectivity index (χ1n) is 5.30. The molecule has 102 valence electrons. The summed E-state index contributed by atoms with van der Waals surface area (Å²) in [6.45, 7) is -0.00660. The average molecular weight is 267 g/mol. The fourth-order valence-corrected chi connectivity index (χ4v) is 1.26. The number of rotatable bonds is 5. The minimum absolute atomic E-state index is 0.0222. The first-order chi connectivity index (χ1) is 9.00. The molecule has 8 nitrogen and oxygen atoms in total. The number of carboxylic acids is 1. The summed E-state index contributed by atoms with van der Waals surface area (Å²) in [6, 6.07) is 5.37. The Kier molecular flexibility index (Phi) is 5.15. The van der Waals surface area contributed by atoms with Gasteiger partial charge in [-0.15, -0.1) is 0 Å². The maximum absolute atomic E-state index is 11.4. The van der Waals surface area contributed by atoms with Gasteiger partial charge in [0, 0.05) is 0 Å². The molecular weight excluding hydrogens is 254 g/mol. The number of carboxylic acid groups (broad SMARTS) is 1. The number of aromatic carboxylic acids is 1. The number of amides is 3. The van der Waals surface area contributed by atoms with E-state index < -0.39 is 18.1 Å². The summed E-state index contributed by atoms with van der Waals surface area (Å²) < 4.78 is 4.41. The van der Waals surface area contributed by atoms with Crippen molar-refractivity contribution >= 4 is 23.8 Å². The molecule has 0 aromatic heterocycles. The Morgan fingerprint density at radius 2 is 1.95 bits per heavy atom. The van der Waals surface area contributed by atoms with Gasteiger partial charge in [0.15, 0.2) is 0 Å². The van der Waals surface area contributed by atoms with Crippen LogP contribution in [0.3, 0.4) is 0 Å². The van der Waals surface area contributed by atoms with Gasteiger partial charge in [0.1, 0.15) is 6.61 Å². The van der Waals surface area contributed by atoms with Crippen LogP contribution in [0.25, 0.3) is 0 Å². The molecule has 0 unspecified atom stereocenters. The van der Waals surface area contributed by atoms with Crippen molar-refractivity contribution < 1.29 is 24.2 Å². The van der Waals surface area contributed by atoms with Gasteiger partial charge in [-0.1, -0.05) is 12.1 Å². The third-order valence-electron chi connectivity index (χ3n) is 2.04. The van der Waals surface area contributed by atoms with Crippen molar-refractivity contribution in [2.45, 2.75) is 0 Å². The Morgan fingerprint density at radius 1 is 1.26 bits per heavy atom. The second kappa shape index (κ2) is 6.84. The molecule has 8 heteroatoms. The van der Waals surface area contributed by atoms with Crippen LogP contribution in [0.15, 0.2) is 24.3 Å². The predicted molar refractivity (Wildman–Crippen MR) is 66.0 cm³/mol. The fourth-order valence-electron chi connectivity index (χ4n) is 1.26. The molecular formula is C11H13N3O5. The number of para-hydroxylation sites is 1. The van der Waals surface area contributed by atoms with E-state index in [-0.39, 0.29) is 24.4 Å². The molecule has 0 aliphatic carbocycles. The molecule has 0 atom stereocenters. The Hall–Kier alpha value is -2.77. The zero-order chi connectivity index (χ0) is 14.3. The number of primary amides is 1. The number of nitrogens with one attached hydrogen (secondary N) is 2. The molecule has 0 aliphatic rings. The first kappa shape index (κ1) is 14.3. The Labute approximate surface area is 108 Å². The number of ether oxygens (including phenoxy) is 1. The molecule has 0 bridgehead atoms. The van der Waals surface area contributed by atoms with E-state index in [0.29, 0.717) is 0 Å². The fraction of sp³-hybridized carbons (Fsp3) is 0.182. The molecule has 0 fully saturated rings. The molecule has 0 heterocycles. The molecule has 1 aromatic rings. The number of hydrogen-bond donors (Lipinski definition) is 4. The first-order valence-corrected chi connectivity index (χ1v) is 5.30. The van der Waals surface area contributed by atoms with Crippen molar-refractivity contribution in [3.05, 3.63) is 29.8 Å². The van der Waals surface area contributed by atoms with Crippen molar-refractivity contribution in [2.75, 3.05) is 18.5 Å². The number of benzene rings is 1. The van der Waals surface area contributed by atoms with E-state index in [4.69, 9.17) is 10.8 Å². The van der Waals surface area contributed by atoms with E-state index in [9.17, 15) is 14.4 Å². The largest absolute Gasteiger partial charge is 0.478 e. The summed E-state index contributed by atoms with van der Waals surface area (Å²) in [5.74, 6) is -1.15. The second-order valence-corrected chi connectivity index (χ2v) is 3.40. The smallest absolute Gasteiger partial charge is 0.404 e. The van der Waals surface area contributed by atoms with Crippen LogP contribution in [0.2, 0.25) is 0 Å². The Bertz CT molecular complexity index is 489. The van der Waals surface area contributed by atoms with Crippen LogP contribution in [-0.2, 0) is 4.74 Å². The molecule has 0 saturated heterocycles. The summed E-state index contributed by atoms with van der Waals surface area (Å²) in [7, 11) is 0. The molecule has 19 heavy (non-hydrogen) atoms. The summed E-state index contributed by atoms with van der Waals surface area (Å²) >= 11 is 0. The Balaban J connectivity index is 2.48. The van der Waals surface area contributed by atoms with Crippen LogP contribution in [0.1, 0.15) is 10.4 Å².